The number of thiophene rings is 1. The highest BCUT2D eigenvalue weighted by molar-refractivity contribution is 8.00. The molecule has 0 bridgehead atoms. The number of benzene rings is 1. The number of fused-ring (bicyclic) bond motifs is 1. The number of esters is 1. The van der Waals surface area contributed by atoms with Gasteiger partial charge in [0, 0.05) is 17.1 Å². The van der Waals surface area contributed by atoms with Gasteiger partial charge in [-0.15, -0.1) is 23.1 Å². The molecule has 0 N–H and O–H groups in total. The summed E-state index contributed by atoms with van der Waals surface area (Å²) >= 11 is 1.88. The maximum atomic E-state index is 13.1. The second-order valence-corrected chi connectivity index (χ2v) is 7.38. The Morgan fingerprint density at radius 1 is 1.33 bits per heavy atom. The second-order valence-electron chi connectivity index (χ2n) is 5.39. The Balaban J connectivity index is 1.87. The Hall–Kier alpha value is -1.79. The van der Waals surface area contributed by atoms with Gasteiger partial charge in [0.2, 0.25) is 0 Å². The van der Waals surface area contributed by atoms with Crippen molar-refractivity contribution in [1.82, 2.24) is 4.90 Å². The molecule has 1 unspecified atom stereocenters. The summed E-state index contributed by atoms with van der Waals surface area (Å²) < 4.78 is 27.8. The van der Waals surface area contributed by atoms with Crippen LogP contribution in [0, 0.1) is 0 Å². The number of carbonyl (C=O) groups is 2. The highest BCUT2D eigenvalue weighted by Crippen LogP contribution is 2.30. The number of hydrogen-bond donors (Lipinski definition) is 0. The molecular formula is C18H19NO3S2. The maximum Gasteiger partial charge on any atom is 0.329 e. The van der Waals surface area contributed by atoms with Gasteiger partial charge in [-0.3, -0.25) is 4.79 Å². The summed E-state index contributed by atoms with van der Waals surface area (Å²) in [5, 5.41) is 0. The van der Waals surface area contributed by atoms with Gasteiger partial charge in [-0.25, -0.2) is 4.79 Å². The lowest BCUT2D eigenvalue weighted by atomic mass is 9.94. The zero-order valence-electron chi connectivity index (χ0n) is 16.2. The lowest BCUT2D eigenvalue weighted by Gasteiger charge is -2.35. The van der Waals surface area contributed by atoms with E-state index in [4.69, 9.17) is 8.85 Å². The molecule has 0 saturated carbocycles. The van der Waals surface area contributed by atoms with Gasteiger partial charge in [-0.2, -0.15) is 0 Å². The van der Waals surface area contributed by atoms with Crippen LogP contribution >= 0.6 is 23.1 Å². The minimum absolute atomic E-state index is 0.247. The molecule has 2 aromatic rings. The van der Waals surface area contributed by atoms with Crippen molar-refractivity contribution in [2.75, 3.05) is 12.8 Å². The molecule has 0 aliphatic carbocycles. The Morgan fingerprint density at radius 2 is 2.12 bits per heavy atom. The van der Waals surface area contributed by atoms with E-state index in [1.807, 2.05) is 24.3 Å². The molecule has 1 aromatic carbocycles. The number of hydrogen-bond acceptors (Lipinski definition) is 5. The number of rotatable bonds is 4. The molecule has 1 aromatic heterocycles. The predicted molar refractivity (Wildman–Crippen MR) is 96.5 cm³/mol. The van der Waals surface area contributed by atoms with E-state index >= 15 is 0 Å². The van der Waals surface area contributed by atoms with Gasteiger partial charge in [0.15, 0.2) is 0 Å². The molecule has 4 nitrogen and oxygen atoms in total. The molecule has 2 heterocycles. The summed E-state index contributed by atoms with van der Waals surface area (Å²) in [5.41, 5.74) is 2.03. The molecule has 24 heavy (non-hydrogen) atoms. The molecular weight excluding hydrogens is 342 g/mol. The third-order valence-corrected chi connectivity index (χ3v) is 5.67. The van der Waals surface area contributed by atoms with E-state index < -0.39 is 18.2 Å². The number of carbonyl (C=O) groups excluding carboxylic acids is 2. The Morgan fingerprint density at radius 3 is 2.88 bits per heavy atom. The zero-order chi connectivity index (χ0) is 19.6. The fraction of sp³-hybridized carbons (Fsp3) is 0.333. The van der Waals surface area contributed by atoms with Gasteiger partial charge in [-0.1, -0.05) is 24.3 Å². The third kappa shape index (κ3) is 3.35. The van der Waals surface area contributed by atoms with E-state index in [-0.39, 0.29) is 12.5 Å². The van der Waals surface area contributed by atoms with Crippen molar-refractivity contribution in [3.05, 3.63) is 52.4 Å². The summed E-state index contributed by atoms with van der Waals surface area (Å²) in [7, 11) is 0. The molecule has 1 amide bonds. The summed E-state index contributed by atoms with van der Waals surface area (Å²) in [6.07, 6.45) is -1.76. The minimum atomic E-state index is -2.16. The van der Waals surface area contributed by atoms with Gasteiger partial charge < -0.3 is 9.64 Å². The van der Waals surface area contributed by atoms with Crippen molar-refractivity contribution >= 4 is 35.0 Å². The first kappa shape index (κ1) is 13.5. The standard InChI is InChI=1S/C18H19NO3S2/c1-3-22-18(21)14-10-12-6-4-5-7-13(12)11-19(14)17(20)15-8-9-16(23-2)24-15/h4-9,14H,3,10-11H2,1-2H3/i2D3. The van der Waals surface area contributed by atoms with Crippen LogP contribution in [0.2, 0.25) is 0 Å². The minimum Gasteiger partial charge on any atom is -0.464 e. The summed E-state index contributed by atoms with van der Waals surface area (Å²) in [6, 6.07) is 10.3. The molecule has 1 aliphatic heterocycles. The monoisotopic (exact) mass is 364 g/mol. The molecule has 0 saturated heterocycles. The predicted octanol–water partition coefficient (Wildman–Crippen LogP) is 3.60. The third-order valence-electron chi connectivity index (χ3n) is 3.96. The lowest BCUT2D eigenvalue weighted by Crippen LogP contribution is -2.49. The van der Waals surface area contributed by atoms with Crippen LogP contribution in [-0.4, -0.2) is 35.6 Å². The smallest absolute Gasteiger partial charge is 0.329 e. The molecule has 0 fully saturated rings. The van der Waals surface area contributed by atoms with E-state index in [9.17, 15) is 9.59 Å². The first-order valence-electron chi connectivity index (χ1n) is 9.11. The molecule has 3 rings (SSSR count). The van der Waals surface area contributed by atoms with Crippen LogP contribution < -0.4 is 0 Å². The van der Waals surface area contributed by atoms with E-state index in [0.717, 1.165) is 34.2 Å². The van der Waals surface area contributed by atoms with Crippen molar-refractivity contribution in [3.8, 4) is 0 Å². The molecule has 1 atom stereocenters. The first-order chi connectivity index (χ1) is 12.8. The maximum absolute atomic E-state index is 13.1. The number of nitrogens with zero attached hydrogens (tertiary/aromatic N) is 1. The number of amides is 1. The lowest BCUT2D eigenvalue weighted by molar-refractivity contribution is -0.149. The van der Waals surface area contributed by atoms with E-state index in [2.05, 4.69) is 0 Å². The Bertz CT molecular complexity index is 850. The SMILES string of the molecule is [2H]C([2H])([2H])Sc1ccc(C(=O)N2Cc3ccccc3CC2C(=O)OCC)s1. The van der Waals surface area contributed by atoms with Gasteiger partial charge in [0.1, 0.15) is 6.04 Å². The first-order valence-corrected chi connectivity index (χ1v) is 9.25. The van der Waals surface area contributed by atoms with E-state index in [1.165, 1.54) is 4.90 Å². The van der Waals surface area contributed by atoms with Crippen LogP contribution in [0.3, 0.4) is 0 Å². The van der Waals surface area contributed by atoms with Crippen LogP contribution in [0.5, 0.6) is 0 Å². The van der Waals surface area contributed by atoms with E-state index in [0.29, 0.717) is 22.1 Å². The van der Waals surface area contributed by atoms with Gasteiger partial charge >= 0.3 is 5.97 Å². The summed E-state index contributed by atoms with van der Waals surface area (Å²) in [6.45, 7) is 2.30. The second kappa shape index (κ2) is 7.40. The van der Waals surface area contributed by atoms with Crippen LogP contribution in [-0.2, 0) is 22.5 Å². The molecule has 0 radical (unpaired) electrons. The van der Waals surface area contributed by atoms with Gasteiger partial charge in [0.05, 0.1) is 15.7 Å². The van der Waals surface area contributed by atoms with Crippen LogP contribution in [0.4, 0.5) is 0 Å². The zero-order valence-corrected chi connectivity index (χ0v) is 14.8. The van der Waals surface area contributed by atoms with Gasteiger partial charge in [-0.05, 0) is 36.4 Å². The highest BCUT2D eigenvalue weighted by Gasteiger charge is 2.36. The molecule has 126 valence electrons. The van der Waals surface area contributed by atoms with Crippen molar-refractivity contribution in [3.63, 3.8) is 0 Å². The topological polar surface area (TPSA) is 46.6 Å². The summed E-state index contributed by atoms with van der Waals surface area (Å²) in [4.78, 5) is 27.5. The largest absolute Gasteiger partial charge is 0.464 e. The van der Waals surface area contributed by atoms with E-state index in [1.54, 1.807) is 19.1 Å². The van der Waals surface area contributed by atoms with Crippen LogP contribution in [0.25, 0.3) is 0 Å². The van der Waals surface area contributed by atoms with Crippen LogP contribution in [0.1, 0.15) is 31.8 Å². The average Bonchev–Trinajstić information content (AvgIpc) is 3.06. The fourth-order valence-corrected chi connectivity index (χ4v) is 4.08. The fourth-order valence-electron chi connectivity index (χ4n) is 2.82. The molecule has 1 aliphatic rings. The van der Waals surface area contributed by atoms with Crippen molar-refractivity contribution in [2.45, 2.75) is 30.1 Å². The quantitative estimate of drug-likeness (QED) is 0.614. The normalized spacial score (nSPS) is 19.0. The highest BCUT2D eigenvalue weighted by atomic mass is 32.2. The van der Waals surface area contributed by atoms with Crippen molar-refractivity contribution in [2.24, 2.45) is 0 Å². The Labute approximate surface area is 154 Å². The van der Waals surface area contributed by atoms with Gasteiger partial charge in [0.25, 0.3) is 5.91 Å². The number of ether oxygens (including phenoxy) is 1. The summed E-state index contributed by atoms with van der Waals surface area (Å²) in [5.74, 6) is -0.709. The van der Waals surface area contributed by atoms with Crippen LogP contribution in [0.15, 0.2) is 40.6 Å². The van der Waals surface area contributed by atoms with Crippen molar-refractivity contribution < 1.29 is 18.4 Å². The molecule has 0 spiro atoms. The number of thioether (sulfide) groups is 1. The Kier molecular flexibility index (Phi) is 4.16. The average molecular weight is 365 g/mol. The van der Waals surface area contributed by atoms with Crippen molar-refractivity contribution in [1.29, 1.82) is 0 Å². The molecule has 6 heteroatoms.